The van der Waals surface area contributed by atoms with Gasteiger partial charge in [0, 0.05) is 55.0 Å². The number of rotatable bonds is 9. The molecule has 0 bridgehead atoms. The molecule has 1 N–H and O–H groups in total. The van der Waals surface area contributed by atoms with E-state index in [1.165, 1.54) is 18.5 Å². The summed E-state index contributed by atoms with van der Waals surface area (Å²) in [5.41, 5.74) is -1.29. The zero-order chi connectivity index (χ0) is 30.4. The lowest BCUT2D eigenvalue weighted by Gasteiger charge is -2.38. The predicted molar refractivity (Wildman–Crippen MR) is 157 cm³/mol. The molecule has 0 spiro atoms. The first-order valence-corrected chi connectivity index (χ1v) is 16.0. The fraction of sp³-hybridized carbons (Fsp3) is 0.645. The molecule has 0 saturated carbocycles. The number of aromatic nitrogens is 2. The highest BCUT2D eigenvalue weighted by molar-refractivity contribution is 8.00. The van der Waals surface area contributed by atoms with Crippen LogP contribution in [0.15, 0.2) is 35.5 Å². The van der Waals surface area contributed by atoms with Crippen LogP contribution in [-0.4, -0.2) is 84.0 Å². The van der Waals surface area contributed by atoms with E-state index < -0.39 is 5.51 Å². The Hall–Kier alpha value is -2.25. The summed E-state index contributed by atoms with van der Waals surface area (Å²) in [6, 6.07) is 7.07. The van der Waals surface area contributed by atoms with Crippen LogP contribution in [0.25, 0.3) is 0 Å². The number of amides is 1. The second-order valence-electron chi connectivity index (χ2n) is 11.6. The maximum atomic E-state index is 13.5. The summed E-state index contributed by atoms with van der Waals surface area (Å²) in [5.74, 6) is -0.0541. The van der Waals surface area contributed by atoms with E-state index in [2.05, 4.69) is 15.3 Å². The molecule has 3 aliphatic heterocycles. The molecule has 1 aromatic heterocycles. The number of hydrogen-bond acceptors (Lipinski definition) is 8. The van der Waals surface area contributed by atoms with Gasteiger partial charge in [-0.05, 0) is 87.7 Å². The number of hydrogen-bond donors (Lipinski definition) is 1. The van der Waals surface area contributed by atoms with Crippen molar-refractivity contribution in [2.45, 2.75) is 99.1 Å². The molecule has 3 aliphatic rings. The van der Waals surface area contributed by atoms with Crippen molar-refractivity contribution < 1.29 is 32.2 Å². The van der Waals surface area contributed by atoms with Crippen molar-refractivity contribution in [1.82, 2.24) is 20.2 Å². The van der Waals surface area contributed by atoms with Gasteiger partial charge >= 0.3 is 5.51 Å². The number of methoxy groups -OCH3 is 1. The average Bonchev–Trinajstić information content (AvgIpc) is 3.01. The Bertz CT molecular complexity index is 1210. The number of aryl methyl sites for hydroxylation is 1. The van der Waals surface area contributed by atoms with E-state index >= 15 is 0 Å². The summed E-state index contributed by atoms with van der Waals surface area (Å²) < 4.78 is 55.5. The first-order valence-electron chi connectivity index (χ1n) is 15.2. The third-order valence-electron chi connectivity index (χ3n) is 8.77. The third-order valence-corrected chi connectivity index (χ3v) is 9.51. The number of halogens is 3. The lowest BCUT2D eigenvalue weighted by Crippen LogP contribution is -2.54. The van der Waals surface area contributed by atoms with Crippen molar-refractivity contribution in [2.75, 3.05) is 33.4 Å². The predicted octanol–water partition coefficient (Wildman–Crippen LogP) is 5.64. The highest BCUT2D eigenvalue weighted by Crippen LogP contribution is 2.38. The Kier molecular flexibility index (Phi) is 11.0. The number of nitrogens with one attached hydrogen (secondary N) is 1. The van der Waals surface area contributed by atoms with Gasteiger partial charge in [-0.3, -0.25) is 4.79 Å². The van der Waals surface area contributed by atoms with E-state index in [1.54, 1.807) is 19.2 Å². The van der Waals surface area contributed by atoms with Crippen molar-refractivity contribution in [3.63, 3.8) is 0 Å². The minimum Gasteiger partial charge on any atom is -0.379 e. The molecular formula is C31H41F3N4O4S. The minimum atomic E-state index is -4.30. The summed E-state index contributed by atoms with van der Waals surface area (Å²) in [6.45, 7) is 4.60. The van der Waals surface area contributed by atoms with Crippen LogP contribution in [0.5, 0.6) is 0 Å². The second-order valence-corrected chi connectivity index (χ2v) is 12.7. The molecule has 1 amide bonds. The van der Waals surface area contributed by atoms with Gasteiger partial charge in [0.25, 0.3) is 5.91 Å². The number of ether oxygens (including phenoxy) is 3. The number of benzene rings is 1. The number of carbonyl (C=O) groups excluding carboxylic acids is 1. The smallest absolute Gasteiger partial charge is 0.379 e. The Morgan fingerprint density at radius 3 is 2.60 bits per heavy atom. The van der Waals surface area contributed by atoms with Gasteiger partial charge in [0.15, 0.2) is 0 Å². The zero-order valence-corrected chi connectivity index (χ0v) is 25.6. The average molecular weight is 623 g/mol. The SMILES string of the molecule is CO[C@@H]1COCC[C@@H]1NC1CCN(C(=O)c2ncnc(CC[C@H]3CCC[C@@H](c4ccc(SC(F)(F)F)cc4)O3)c2C)CC1. The Labute approximate surface area is 255 Å². The summed E-state index contributed by atoms with van der Waals surface area (Å²) in [4.78, 5) is 24.4. The maximum absolute atomic E-state index is 13.5. The largest absolute Gasteiger partial charge is 0.446 e. The monoisotopic (exact) mass is 622 g/mol. The second kappa shape index (κ2) is 14.7. The molecule has 43 heavy (non-hydrogen) atoms. The molecular weight excluding hydrogens is 581 g/mol. The molecule has 236 valence electrons. The highest BCUT2D eigenvalue weighted by atomic mass is 32.2. The molecule has 4 heterocycles. The van der Waals surface area contributed by atoms with Crippen LogP contribution in [-0.2, 0) is 20.6 Å². The molecule has 0 radical (unpaired) electrons. The Morgan fingerprint density at radius 2 is 1.88 bits per heavy atom. The van der Waals surface area contributed by atoms with Gasteiger partial charge in [-0.1, -0.05) is 12.1 Å². The standard InChI is InChI=1S/C31H41F3N4O4S/c1-20-25(11-8-23-4-3-5-27(42-23)21-6-9-24(10-7-21)43-31(32,33)34)35-19-36-29(20)30(39)38-15-12-22(13-16-38)37-26-14-17-41-18-28(26)40-2/h6-7,9-10,19,22-23,26-28,37H,3-5,8,11-18H2,1-2H3/t23-,26+,27+,28-/m1/s1. The van der Waals surface area contributed by atoms with Crippen LogP contribution in [0.3, 0.4) is 0 Å². The highest BCUT2D eigenvalue weighted by Gasteiger charge is 2.32. The molecule has 12 heteroatoms. The molecule has 0 unspecified atom stereocenters. The summed E-state index contributed by atoms with van der Waals surface area (Å²) >= 11 is -0.108. The van der Waals surface area contributed by atoms with E-state index in [1.807, 2.05) is 11.8 Å². The summed E-state index contributed by atoms with van der Waals surface area (Å²) in [7, 11) is 1.72. The van der Waals surface area contributed by atoms with E-state index in [-0.39, 0.29) is 46.9 Å². The van der Waals surface area contributed by atoms with Gasteiger partial charge in [-0.25, -0.2) is 9.97 Å². The van der Waals surface area contributed by atoms with Crippen LogP contribution < -0.4 is 5.32 Å². The number of nitrogens with zero attached hydrogens (tertiary/aromatic N) is 3. The van der Waals surface area contributed by atoms with Crippen LogP contribution in [0.2, 0.25) is 0 Å². The lowest BCUT2D eigenvalue weighted by atomic mass is 9.95. The summed E-state index contributed by atoms with van der Waals surface area (Å²) in [5, 5.41) is 3.73. The minimum absolute atomic E-state index is 0.0106. The molecule has 1 aromatic carbocycles. The van der Waals surface area contributed by atoms with Crippen LogP contribution in [0, 0.1) is 6.92 Å². The molecule has 0 aliphatic carbocycles. The fourth-order valence-electron chi connectivity index (χ4n) is 6.33. The summed E-state index contributed by atoms with van der Waals surface area (Å²) in [6.07, 6.45) is 8.20. The topological polar surface area (TPSA) is 85.8 Å². The fourth-order valence-corrected chi connectivity index (χ4v) is 6.87. The van der Waals surface area contributed by atoms with Gasteiger partial charge < -0.3 is 24.4 Å². The molecule has 2 aromatic rings. The van der Waals surface area contributed by atoms with Crippen LogP contribution in [0.4, 0.5) is 13.2 Å². The van der Waals surface area contributed by atoms with Crippen molar-refractivity contribution in [1.29, 1.82) is 0 Å². The van der Waals surface area contributed by atoms with E-state index in [9.17, 15) is 18.0 Å². The maximum Gasteiger partial charge on any atom is 0.446 e. The quantitative estimate of drug-likeness (QED) is 0.360. The van der Waals surface area contributed by atoms with Crippen molar-refractivity contribution >= 4 is 17.7 Å². The van der Waals surface area contributed by atoms with Crippen molar-refractivity contribution in [3.8, 4) is 0 Å². The first kappa shape index (κ1) is 32.2. The number of thioether (sulfide) groups is 1. The van der Waals surface area contributed by atoms with Gasteiger partial charge in [0.1, 0.15) is 12.0 Å². The van der Waals surface area contributed by atoms with Crippen LogP contribution >= 0.6 is 11.8 Å². The number of alkyl halides is 3. The number of likely N-dealkylation sites (tertiary alicyclic amines) is 1. The molecule has 8 nitrogen and oxygen atoms in total. The Morgan fingerprint density at radius 1 is 1.12 bits per heavy atom. The first-order chi connectivity index (χ1) is 20.7. The van der Waals surface area contributed by atoms with Gasteiger partial charge in [0.05, 0.1) is 24.9 Å². The normalized spacial score (nSPS) is 25.6. The van der Waals surface area contributed by atoms with Gasteiger partial charge in [-0.2, -0.15) is 13.2 Å². The lowest BCUT2D eigenvalue weighted by molar-refractivity contribution is -0.0547. The van der Waals surface area contributed by atoms with E-state index in [0.29, 0.717) is 37.9 Å². The zero-order valence-electron chi connectivity index (χ0n) is 24.8. The van der Waals surface area contributed by atoms with Gasteiger partial charge in [0.2, 0.25) is 0 Å². The molecule has 3 saturated heterocycles. The van der Waals surface area contributed by atoms with Crippen LogP contribution in [0.1, 0.15) is 78.4 Å². The third kappa shape index (κ3) is 8.69. The number of carbonyl (C=O) groups is 1. The van der Waals surface area contributed by atoms with E-state index in [4.69, 9.17) is 14.2 Å². The van der Waals surface area contributed by atoms with Crippen molar-refractivity contribution in [2.24, 2.45) is 0 Å². The molecule has 4 atom stereocenters. The van der Waals surface area contributed by atoms with Gasteiger partial charge in [-0.15, -0.1) is 0 Å². The molecule has 3 fully saturated rings. The van der Waals surface area contributed by atoms with E-state index in [0.717, 1.165) is 68.4 Å². The Balaban J connectivity index is 1.12. The van der Waals surface area contributed by atoms with Crippen molar-refractivity contribution in [3.05, 3.63) is 53.1 Å². The molecule has 5 rings (SSSR count). The number of piperidine rings is 1.